The molecule has 0 saturated carbocycles. The van der Waals surface area contributed by atoms with E-state index in [-0.39, 0.29) is 0 Å². The third-order valence-electron chi connectivity index (χ3n) is 10.4. The molecule has 0 bridgehead atoms. The topological polar surface area (TPSA) is 0 Å². The number of benzene rings is 8. The summed E-state index contributed by atoms with van der Waals surface area (Å²) >= 11 is 5.74. The predicted octanol–water partition coefficient (Wildman–Crippen LogP) is 15.0. The highest BCUT2D eigenvalue weighted by Crippen LogP contribution is 2.47. The van der Waals surface area contributed by atoms with Gasteiger partial charge in [-0.15, -0.1) is 34.0 Å². The van der Waals surface area contributed by atoms with Crippen molar-refractivity contribution in [2.45, 2.75) is 13.8 Å². The Hall–Kier alpha value is -5.06. The van der Waals surface area contributed by atoms with Gasteiger partial charge in [-0.05, 0) is 149 Å². The van der Waals surface area contributed by atoms with Crippen molar-refractivity contribution in [2.24, 2.45) is 0 Å². The van der Waals surface area contributed by atoms with Crippen molar-refractivity contribution in [1.82, 2.24) is 0 Å². The number of rotatable bonds is 4. The summed E-state index contributed by atoms with van der Waals surface area (Å²) in [6, 6.07) is 50.5. The van der Waals surface area contributed by atoms with Gasteiger partial charge < -0.3 is 0 Å². The highest BCUT2D eigenvalue weighted by atomic mass is 32.1. The lowest BCUT2D eigenvalue weighted by Gasteiger charge is -2.12. The highest BCUT2D eigenvalue weighted by Gasteiger charge is 2.18. The summed E-state index contributed by atoms with van der Waals surface area (Å²) in [4.78, 5) is 8.08. The fraction of sp³-hybridized carbons (Fsp3) is 0.0435. The van der Waals surface area contributed by atoms with Crippen LogP contribution in [-0.4, -0.2) is 0 Å². The van der Waals surface area contributed by atoms with Crippen LogP contribution in [-0.2, 0) is 0 Å². The van der Waals surface area contributed by atoms with Gasteiger partial charge in [-0.2, -0.15) is 0 Å². The van der Waals surface area contributed by atoms with Crippen molar-refractivity contribution < 1.29 is 0 Å². The fourth-order valence-electron chi connectivity index (χ4n) is 8.18. The molecule has 0 aliphatic carbocycles. The summed E-state index contributed by atoms with van der Waals surface area (Å²) in [7, 11) is 0. The molecule has 0 nitrogen and oxygen atoms in total. The van der Waals surface area contributed by atoms with Crippen LogP contribution in [0.2, 0.25) is 0 Å². The molecule has 3 heterocycles. The molecule has 8 aromatic carbocycles. The molecule has 230 valence electrons. The lowest BCUT2D eigenvalue weighted by Crippen LogP contribution is -1.85. The van der Waals surface area contributed by atoms with E-state index in [0.29, 0.717) is 0 Å². The summed E-state index contributed by atoms with van der Waals surface area (Å²) in [6.07, 6.45) is 0. The molecule has 0 N–H and O–H groups in total. The molecule has 3 aromatic heterocycles. The van der Waals surface area contributed by atoms with E-state index in [1.807, 2.05) is 34.0 Å². The summed E-state index contributed by atoms with van der Waals surface area (Å²) in [5.41, 5.74) is 5.29. The van der Waals surface area contributed by atoms with Gasteiger partial charge in [0.25, 0.3) is 0 Å². The quantitative estimate of drug-likeness (QED) is 0.163. The van der Waals surface area contributed by atoms with Gasteiger partial charge in [0.05, 0.1) is 0 Å². The van der Waals surface area contributed by atoms with Gasteiger partial charge in [-0.1, -0.05) is 84.9 Å². The summed E-state index contributed by atoms with van der Waals surface area (Å²) in [5, 5.41) is 16.0. The first-order valence-electron chi connectivity index (χ1n) is 16.7. The summed E-state index contributed by atoms with van der Waals surface area (Å²) in [6.45, 7) is 4.53. The Kier molecular flexibility index (Phi) is 5.81. The van der Waals surface area contributed by atoms with Crippen LogP contribution in [0.15, 0.2) is 133 Å². The van der Waals surface area contributed by atoms with E-state index < -0.39 is 0 Å². The van der Waals surface area contributed by atoms with Gasteiger partial charge in [0.2, 0.25) is 0 Å². The van der Waals surface area contributed by atoms with Crippen LogP contribution in [0.5, 0.6) is 0 Å². The zero-order valence-corrected chi connectivity index (χ0v) is 29.4. The Morgan fingerprint density at radius 2 is 0.776 bits per heavy atom. The molecular formula is C46H28S3. The molecule has 0 saturated heterocycles. The molecule has 49 heavy (non-hydrogen) atoms. The minimum absolute atomic E-state index is 1.30. The normalized spacial score (nSPS) is 12.3. The second-order valence-corrected chi connectivity index (χ2v) is 16.8. The van der Waals surface area contributed by atoms with Crippen LogP contribution in [0.1, 0.15) is 10.4 Å². The third-order valence-corrected chi connectivity index (χ3v) is 14.2. The van der Waals surface area contributed by atoms with Crippen LogP contribution < -0.4 is 0 Å². The molecule has 11 aromatic rings. The van der Waals surface area contributed by atoms with Crippen molar-refractivity contribution in [3.05, 3.63) is 144 Å². The van der Waals surface area contributed by atoms with Gasteiger partial charge in [-0.3, -0.25) is 0 Å². The van der Waals surface area contributed by atoms with E-state index in [1.54, 1.807) is 0 Å². The Balaban J connectivity index is 0.953. The van der Waals surface area contributed by atoms with Crippen LogP contribution in [0.3, 0.4) is 0 Å². The fourth-order valence-corrected chi connectivity index (χ4v) is 11.5. The molecule has 0 unspecified atom stereocenters. The molecule has 0 spiro atoms. The zero-order chi connectivity index (χ0) is 32.4. The van der Waals surface area contributed by atoms with Crippen LogP contribution in [0, 0.1) is 13.8 Å². The monoisotopic (exact) mass is 676 g/mol. The minimum atomic E-state index is 1.30. The maximum atomic E-state index is 2.41. The smallest absolute Gasteiger partial charge is 0.0452 e. The van der Waals surface area contributed by atoms with Crippen LogP contribution in [0.25, 0.3) is 106 Å². The van der Waals surface area contributed by atoms with Crippen molar-refractivity contribution in [3.63, 3.8) is 0 Å². The van der Waals surface area contributed by atoms with Crippen molar-refractivity contribution in [2.75, 3.05) is 0 Å². The van der Waals surface area contributed by atoms with Gasteiger partial charge in [0.15, 0.2) is 0 Å². The Labute approximate surface area is 295 Å². The maximum absolute atomic E-state index is 2.41. The largest absolute Gasteiger partial charge is 0.139 e. The zero-order valence-electron chi connectivity index (χ0n) is 26.9. The number of hydrogen-bond donors (Lipinski definition) is 0. The first-order valence-corrected chi connectivity index (χ1v) is 19.2. The van der Waals surface area contributed by atoms with Crippen molar-refractivity contribution in [1.29, 1.82) is 0 Å². The average Bonchev–Trinajstić information content (AvgIpc) is 3.88. The molecule has 3 heteroatoms. The Morgan fingerprint density at radius 1 is 0.347 bits per heavy atom. The van der Waals surface area contributed by atoms with Crippen LogP contribution >= 0.6 is 34.0 Å². The Bertz CT molecular complexity index is 2740. The van der Waals surface area contributed by atoms with E-state index in [9.17, 15) is 0 Å². The van der Waals surface area contributed by atoms with E-state index >= 15 is 0 Å². The Morgan fingerprint density at radius 3 is 1.29 bits per heavy atom. The minimum Gasteiger partial charge on any atom is -0.139 e. The molecule has 11 rings (SSSR count). The summed E-state index contributed by atoms with van der Waals surface area (Å²) in [5.74, 6) is 0. The van der Waals surface area contributed by atoms with E-state index in [1.165, 1.54) is 116 Å². The molecule has 0 aliphatic heterocycles. The highest BCUT2D eigenvalue weighted by molar-refractivity contribution is 7.27. The lowest BCUT2D eigenvalue weighted by atomic mass is 9.91. The van der Waals surface area contributed by atoms with Gasteiger partial charge >= 0.3 is 0 Å². The molecule has 0 fully saturated rings. The summed E-state index contributed by atoms with van der Waals surface area (Å²) < 4.78 is 0. The van der Waals surface area contributed by atoms with Crippen LogP contribution in [0.4, 0.5) is 0 Å². The third kappa shape index (κ3) is 4.13. The number of aryl methyl sites for hydroxylation is 2. The standard InChI is InChI=1S/C46H28S3/c1-25-19-40(49-46(25)36-22-33-15-11-29-7-4-8-30-12-16-34(23-36)45(33)43(29)30)38-17-18-39(48-38)41-24-37(26(2)47-41)35-20-31-13-9-27-5-3-6-28-10-14-32(21-35)44(31)42(27)28/h3-24H,1-2H3. The molecule has 0 amide bonds. The maximum Gasteiger partial charge on any atom is 0.0452 e. The SMILES string of the molecule is Cc1cc(-c2ccc(-c3cc(-c4cc5ccc6cccc7ccc(c4)c5c67)c(C)s3)s2)sc1-c1cc2ccc3cccc4ccc(c1)c2c34. The average molecular weight is 677 g/mol. The number of hydrogen-bond acceptors (Lipinski definition) is 3. The molecular weight excluding hydrogens is 649 g/mol. The predicted molar refractivity (Wildman–Crippen MR) is 219 cm³/mol. The first kappa shape index (κ1) is 27.8. The lowest BCUT2D eigenvalue weighted by molar-refractivity contribution is 1.55. The van der Waals surface area contributed by atoms with E-state index in [4.69, 9.17) is 0 Å². The second-order valence-electron chi connectivity index (χ2n) is 13.4. The van der Waals surface area contributed by atoms with E-state index in [0.717, 1.165) is 0 Å². The second kappa shape index (κ2) is 10.2. The molecule has 0 atom stereocenters. The van der Waals surface area contributed by atoms with Gasteiger partial charge in [0, 0.05) is 29.3 Å². The van der Waals surface area contributed by atoms with E-state index in [2.05, 4.69) is 147 Å². The van der Waals surface area contributed by atoms with Crippen molar-refractivity contribution >= 4 is 98.6 Å². The molecule has 0 radical (unpaired) electrons. The molecule has 0 aliphatic rings. The van der Waals surface area contributed by atoms with Crippen molar-refractivity contribution in [3.8, 4) is 41.1 Å². The van der Waals surface area contributed by atoms with Gasteiger partial charge in [0.1, 0.15) is 0 Å². The number of thiophene rings is 3. The van der Waals surface area contributed by atoms with Gasteiger partial charge in [-0.25, -0.2) is 0 Å². The first-order chi connectivity index (χ1) is 24.1.